The second-order valence-electron chi connectivity index (χ2n) is 5.56. The van der Waals surface area contributed by atoms with Crippen LogP contribution in [0.15, 0.2) is 43.1 Å². The summed E-state index contributed by atoms with van der Waals surface area (Å²) < 4.78 is 0. The third-order valence-corrected chi connectivity index (χ3v) is 3.92. The highest BCUT2D eigenvalue weighted by molar-refractivity contribution is 5.97. The van der Waals surface area contributed by atoms with Gasteiger partial charge in [0, 0.05) is 54.1 Å². The zero-order valence-electron chi connectivity index (χ0n) is 12.9. The van der Waals surface area contributed by atoms with Crippen molar-refractivity contribution in [2.24, 2.45) is 0 Å². The Morgan fingerprint density at radius 3 is 2.83 bits per heavy atom. The van der Waals surface area contributed by atoms with Crippen LogP contribution in [0.25, 0.3) is 23.4 Å². The first-order valence-electron chi connectivity index (χ1n) is 7.69. The average molecular weight is 317 g/mol. The van der Waals surface area contributed by atoms with E-state index in [1.54, 1.807) is 18.6 Å². The van der Waals surface area contributed by atoms with Crippen LogP contribution >= 0.6 is 0 Å². The van der Waals surface area contributed by atoms with Gasteiger partial charge in [-0.2, -0.15) is 0 Å². The number of aromatic amines is 1. The number of H-pyrrole nitrogens is 1. The Hall–Kier alpha value is -3.28. The molecule has 3 aromatic rings. The minimum absolute atomic E-state index is 0.0167. The Kier molecular flexibility index (Phi) is 3.63. The SMILES string of the molecule is O=C1NCCc2[nH]c(-c3ccnc(C=Cc4cncnc4)c3)cc21. The number of carbonyl (C=O) groups excluding carboxylic acids is 1. The lowest BCUT2D eigenvalue weighted by Crippen LogP contribution is -2.31. The van der Waals surface area contributed by atoms with Gasteiger partial charge in [0.15, 0.2) is 0 Å². The number of hydrogen-bond acceptors (Lipinski definition) is 4. The average Bonchev–Trinajstić information content (AvgIpc) is 3.07. The van der Waals surface area contributed by atoms with Gasteiger partial charge in [-0.1, -0.05) is 0 Å². The third-order valence-electron chi connectivity index (χ3n) is 3.92. The van der Waals surface area contributed by atoms with Crippen molar-refractivity contribution in [2.75, 3.05) is 6.54 Å². The van der Waals surface area contributed by atoms with Gasteiger partial charge in [0.05, 0.1) is 11.3 Å². The first-order chi connectivity index (χ1) is 11.8. The summed E-state index contributed by atoms with van der Waals surface area (Å²) in [5.41, 5.74) is 5.38. The van der Waals surface area contributed by atoms with Gasteiger partial charge in [-0.05, 0) is 30.4 Å². The van der Waals surface area contributed by atoms with Crippen LogP contribution in [0, 0.1) is 0 Å². The Labute approximate surface area is 138 Å². The molecule has 6 nitrogen and oxygen atoms in total. The first kappa shape index (κ1) is 14.3. The molecule has 0 fully saturated rings. The number of carbonyl (C=O) groups is 1. The molecule has 0 atom stereocenters. The largest absolute Gasteiger partial charge is 0.358 e. The molecule has 0 bridgehead atoms. The Morgan fingerprint density at radius 1 is 1.12 bits per heavy atom. The summed E-state index contributed by atoms with van der Waals surface area (Å²) in [7, 11) is 0. The molecule has 0 saturated heterocycles. The van der Waals surface area contributed by atoms with E-state index in [0.717, 1.165) is 40.2 Å². The van der Waals surface area contributed by atoms with Crippen molar-refractivity contribution in [1.82, 2.24) is 25.3 Å². The molecule has 0 unspecified atom stereocenters. The van der Waals surface area contributed by atoms with E-state index in [-0.39, 0.29) is 5.91 Å². The Balaban J connectivity index is 1.63. The first-order valence-corrected chi connectivity index (χ1v) is 7.69. The quantitative estimate of drug-likeness (QED) is 0.776. The number of amides is 1. The van der Waals surface area contributed by atoms with Crippen molar-refractivity contribution in [2.45, 2.75) is 6.42 Å². The smallest absolute Gasteiger partial charge is 0.253 e. The molecule has 1 aliphatic rings. The van der Waals surface area contributed by atoms with Crippen molar-refractivity contribution >= 4 is 18.1 Å². The lowest BCUT2D eigenvalue weighted by Gasteiger charge is -2.10. The van der Waals surface area contributed by atoms with Crippen LogP contribution in [0.4, 0.5) is 0 Å². The molecule has 0 radical (unpaired) electrons. The molecule has 1 amide bonds. The van der Waals surface area contributed by atoms with E-state index in [2.05, 4.69) is 25.3 Å². The predicted molar refractivity (Wildman–Crippen MR) is 91.0 cm³/mol. The fourth-order valence-electron chi connectivity index (χ4n) is 2.73. The van der Waals surface area contributed by atoms with E-state index in [1.165, 1.54) is 6.33 Å². The number of pyridine rings is 1. The predicted octanol–water partition coefficient (Wildman–Crippen LogP) is 2.32. The van der Waals surface area contributed by atoms with Crippen LogP contribution in [-0.2, 0) is 6.42 Å². The number of hydrogen-bond donors (Lipinski definition) is 2. The van der Waals surface area contributed by atoms with Gasteiger partial charge in [-0.25, -0.2) is 9.97 Å². The lowest BCUT2D eigenvalue weighted by atomic mass is 10.1. The topological polar surface area (TPSA) is 83.6 Å². The normalized spacial score (nSPS) is 13.8. The summed E-state index contributed by atoms with van der Waals surface area (Å²) in [6.45, 7) is 0.676. The number of rotatable bonds is 3. The molecular weight excluding hydrogens is 302 g/mol. The third kappa shape index (κ3) is 2.81. The summed E-state index contributed by atoms with van der Waals surface area (Å²) in [5.74, 6) is -0.0167. The van der Waals surface area contributed by atoms with Crippen LogP contribution in [0.3, 0.4) is 0 Å². The summed E-state index contributed by atoms with van der Waals surface area (Å²) in [6.07, 6.45) is 11.4. The minimum Gasteiger partial charge on any atom is -0.358 e. The van der Waals surface area contributed by atoms with Crippen molar-refractivity contribution in [3.63, 3.8) is 0 Å². The molecule has 4 rings (SSSR count). The molecule has 0 aliphatic carbocycles. The number of aromatic nitrogens is 4. The van der Waals surface area contributed by atoms with Gasteiger partial charge in [0.25, 0.3) is 5.91 Å². The Bertz CT molecular complexity index is 914. The highest BCUT2D eigenvalue weighted by atomic mass is 16.1. The van der Waals surface area contributed by atoms with Gasteiger partial charge in [0.1, 0.15) is 6.33 Å². The fraction of sp³-hybridized carbons (Fsp3) is 0.111. The minimum atomic E-state index is -0.0167. The van der Waals surface area contributed by atoms with Crippen molar-refractivity contribution in [3.05, 3.63) is 65.6 Å². The summed E-state index contributed by atoms with van der Waals surface area (Å²) >= 11 is 0. The van der Waals surface area contributed by atoms with Gasteiger partial charge in [-0.15, -0.1) is 0 Å². The molecule has 1 aliphatic heterocycles. The molecule has 6 heteroatoms. The van der Waals surface area contributed by atoms with Crippen LogP contribution in [0.5, 0.6) is 0 Å². The molecule has 0 aromatic carbocycles. The molecule has 0 saturated carbocycles. The van der Waals surface area contributed by atoms with Crippen molar-refractivity contribution in [3.8, 4) is 11.3 Å². The van der Waals surface area contributed by atoms with Crippen molar-refractivity contribution in [1.29, 1.82) is 0 Å². The monoisotopic (exact) mass is 317 g/mol. The molecular formula is C18H15N5O. The summed E-state index contributed by atoms with van der Waals surface area (Å²) in [6, 6.07) is 5.81. The van der Waals surface area contributed by atoms with Gasteiger partial charge < -0.3 is 10.3 Å². The molecule has 3 aromatic heterocycles. The second kappa shape index (κ2) is 6.08. The van der Waals surface area contributed by atoms with Crippen LogP contribution in [0.1, 0.15) is 27.3 Å². The van der Waals surface area contributed by atoms with E-state index in [9.17, 15) is 4.79 Å². The zero-order chi connectivity index (χ0) is 16.4. The van der Waals surface area contributed by atoms with E-state index < -0.39 is 0 Å². The lowest BCUT2D eigenvalue weighted by molar-refractivity contribution is 0.0946. The fourth-order valence-corrected chi connectivity index (χ4v) is 2.73. The maximum atomic E-state index is 11.9. The standard InChI is InChI=1S/C18H15N5O/c24-18-15-8-17(23-16(15)4-6-22-18)13-3-5-21-14(7-13)2-1-12-9-19-11-20-10-12/h1-3,5,7-11,23H,4,6H2,(H,22,24). The van der Waals surface area contributed by atoms with Crippen LogP contribution < -0.4 is 5.32 Å². The number of fused-ring (bicyclic) bond motifs is 1. The summed E-state index contributed by atoms with van der Waals surface area (Å²) in [4.78, 5) is 27.6. The van der Waals surface area contributed by atoms with Crippen LogP contribution in [0.2, 0.25) is 0 Å². The number of nitrogens with zero attached hydrogens (tertiary/aromatic N) is 3. The highest BCUT2D eigenvalue weighted by Gasteiger charge is 2.19. The molecule has 24 heavy (non-hydrogen) atoms. The molecule has 0 spiro atoms. The maximum Gasteiger partial charge on any atom is 0.253 e. The highest BCUT2D eigenvalue weighted by Crippen LogP contribution is 2.24. The molecule has 4 heterocycles. The van der Waals surface area contributed by atoms with Crippen molar-refractivity contribution < 1.29 is 4.79 Å². The summed E-state index contributed by atoms with van der Waals surface area (Å²) in [5, 5.41) is 2.86. The van der Waals surface area contributed by atoms with Gasteiger partial charge in [-0.3, -0.25) is 9.78 Å². The maximum absolute atomic E-state index is 11.9. The van der Waals surface area contributed by atoms with Crippen LogP contribution in [-0.4, -0.2) is 32.4 Å². The van der Waals surface area contributed by atoms with E-state index in [1.807, 2.05) is 30.4 Å². The Morgan fingerprint density at radius 2 is 2.00 bits per heavy atom. The molecule has 118 valence electrons. The zero-order valence-corrected chi connectivity index (χ0v) is 12.9. The van der Waals surface area contributed by atoms with E-state index >= 15 is 0 Å². The van der Waals surface area contributed by atoms with Gasteiger partial charge in [0.2, 0.25) is 0 Å². The van der Waals surface area contributed by atoms with E-state index in [4.69, 9.17) is 0 Å². The van der Waals surface area contributed by atoms with Gasteiger partial charge >= 0.3 is 0 Å². The van der Waals surface area contributed by atoms with E-state index in [0.29, 0.717) is 6.54 Å². The molecule has 2 N–H and O–H groups in total. The number of nitrogens with one attached hydrogen (secondary N) is 2. The second-order valence-corrected chi connectivity index (χ2v) is 5.56.